The van der Waals surface area contributed by atoms with Crippen molar-refractivity contribution in [3.63, 3.8) is 0 Å². The van der Waals surface area contributed by atoms with Gasteiger partial charge in [-0.1, -0.05) is 6.07 Å². The lowest BCUT2D eigenvalue weighted by Gasteiger charge is -2.53. The largest absolute Gasteiger partial charge is 0.508 e. The van der Waals surface area contributed by atoms with Crippen LogP contribution < -0.4 is 0 Å². The summed E-state index contributed by atoms with van der Waals surface area (Å²) >= 11 is 0. The summed E-state index contributed by atoms with van der Waals surface area (Å²) in [7, 11) is 0. The minimum Gasteiger partial charge on any atom is -0.508 e. The van der Waals surface area contributed by atoms with Gasteiger partial charge in [0.1, 0.15) is 11.4 Å². The standard InChI is InChI=1S/C21H24N2O4.C2HF3O2/c1-15-5-7-22-11-17(15)12-26-19-6-8-27-21(10-19)13-23(14-21)20(25)16-3-2-4-18(24)9-16;3-2(4,5)1(6)7/h2-5,7,9,11,19,24H,6,8,10,12-14H2,1H3;(H,6,7). The molecule has 0 radical (unpaired) electrons. The second-order valence-electron chi connectivity index (χ2n) is 8.27. The fourth-order valence-corrected chi connectivity index (χ4v) is 3.82. The van der Waals surface area contributed by atoms with E-state index in [0.29, 0.717) is 31.9 Å². The Hall–Kier alpha value is -3.18. The Bertz CT molecular complexity index is 1020. The number of benzene rings is 1. The molecule has 1 atom stereocenters. The van der Waals surface area contributed by atoms with Gasteiger partial charge in [-0.3, -0.25) is 9.78 Å². The van der Waals surface area contributed by atoms with Gasteiger partial charge in [-0.25, -0.2) is 4.79 Å². The SMILES string of the molecule is Cc1ccncc1COC1CCOC2(C1)CN(C(=O)c1cccc(O)c1)C2.O=C(O)C(F)(F)F. The van der Waals surface area contributed by atoms with E-state index in [4.69, 9.17) is 19.4 Å². The zero-order valence-electron chi connectivity index (χ0n) is 18.4. The van der Waals surface area contributed by atoms with Crippen molar-refractivity contribution >= 4 is 11.9 Å². The number of aliphatic carboxylic acids is 1. The normalized spacial score (nSPS) is 19.1. The number of aromatic hydroxyl groups is 1. The summed E-state index contributed by atoms with van der Waals surface area (Å²) in [6, 6.07) is 8.44. The number of hydrogen-bond acceptors (Lipinski definition) is 6. The molecular formula is C23H25F3N2O6. The quantitative estimate of drug-likeness (QED) is 0.688. The van der Waals surface area contributed by atoms with Crippen molar-refractivity contribution in [2.45, 2.75) is 44.3 Å². The van der Waals surface area contributed by atoms with E-state index in [2.05, 4.69) is 11.9 Å². The Kier molecular flexibility index (Phi) is 7.78. The van der Waals surface area contributed by atoms with Crippen molar-refractivity contribution in [1.82, 2.24) is 9.88 Å². The molecular weight excluding hydrogens is 457 g/mol. The molecule has 1 aromatic carbocycles. The smallest absolute Gasteiger partial charge is 0.490 e. The number of carboxylic acids is 1. The van der Waals surface area contributed by atoms with E-state index >= 15 is 0 Å². The van der Waals surface area contributed by atoms with Crippen molar-refractivity contribution in [2.75, 3.05) is 19.7 Å². The van der Waals surface area contributed by atoms with E-state index in [9.17, 15) is 23.1 Å². The first-order chi connectivity index (χ1) is 16.0. The number of carboxylic acid groups (broad SMARTS) is 1. The van der Waals surface area contributed by atoms with Crippen LogP contribution in [0.5, 0.6) is 5.75 Å². The van der Waals surface area contributed by atoms with Gasteiger partial charge in [-0.2, -0.15) is 13.2 Å². The molecule has 1 amide bonds. The van der Waals surface area contributed by atoms with Crippen molar-refractivity contribution in [3.05, 3.63) is 59.4 Å². The third-order valence-electron chi connectivity index (χ3n) is 5.65. The van der Waals surface area contributed by atoms with Crippen LogP contribution in [0.4, 0.5) is 13.2 Å². The molecule has 0 aliphatic carbocycles. The van der Waals surface area contributed by atoms with Crippen molar-refractivity contribution in [3.8, 4) is 5.75 Å². The van der Waals surface area contributed by atoms with Crippen LogP contribution in [0.3, 0.4) is 0 Å². The van der Waals surface area contributed by atoms with E-state index in [1.807, 2.05) is 12.3 Å². The topological polar surface area (TPSA) is 109 Å². The van der Waals surface area contributed by atoms with Crippen molar-refractivity contribution in [1.29, 1.82) is 0 Å². The van der Waals surface area contributed by atoms with Crippen LogP contribution in [0.1, 0.15) is 34.3 Å². The Balaban J connectivity index is 0.000000406. The van der Waals surface area contributed by atoms with Gasteiger partial charge in [0.15, 0.2) is 0 Å². The fourth-order valence-electron chi connectivity index (χ4n) is 3.82. The summed E-state index contributed by atoms with van der Waals surface area (Å²) in [4.78, 5) is 27.4. The highest BCUT2D eigenvalue weighted by atomic mass is 19.4. The van der Waals surface area contributed by atoms with Gasteiger partial charge < -0.3 is 24.6 Å². The molecule has 3 heterocycles. The summed E-state index contributed by atoms with van der Waals surface area (Å²) in [6.45, 7) is 4.38. The van der Waals surface area contributed by atoms with Gasteiger partial charge in [-0.05, 0) is 48.7 Å². The molecule has 4 rings (SSSR count). The molecule has 2 fully saturated rings. The second-order valence-corrected chi connectivity index (χ2v) is 8.27. The summed E-state index contributed by atoms with van der Waals surface area (Å²) in [5, 5.41) is 16.7. The highest BCUT2D eigenvalue weighted by Crippen LogP contribution is 2.36. The van der Waals surface area contributed by atoms with Crippen molar-refractivity contribution < 1.29 is 42.4 Å². The lowest BCUT2D eigenvalue weighted by molar-refractivity contribution is -0.192. The highest BCUT2D eigenvalue weighted by molar-refractivity contribution is 5.95. The molecule has 34 heavy (non-hydrogen) atoms. The number of hydrogen-bond donors (Lipinski definition) is 2. The third kappa shape index (κ3) is 6.45. The van der Waals surface area contributed by atoms with Gasteiger partial charge >= 0.3 is 12.1 Å². The maximum atomic E-state index is 12.6. The number of amides is 1. The summed E-state index contributed by atoms with van der Waals surface area (Å²) in [6.07, 6.45) is 0.326. The Labute approximate surface area is 193 Å². The van der Waals surface area contributed by atoms with Crippen LogP contribution in [0.2, 0.25) is 0 Å². The first kappa shape index (κ1) is 25.4. The average molecular weight is 482 g/mol. The Morgan fingerprint density at radius 2 is 2.00 bits per heavy atom. The average Bonchev–Trinajstić information content (AvgIpc) is 2.76. The number of aromatic nitrogens is 1. The lowest BCUT2D eigenvalue weighted by Crippen LogP contribution is -2.67. The monoisotopic (exact) mass is 482 g/mol. The zero-order chi connectivity index (χ0) is 24.9. The van der Waals surface area contributed by atoms with E-state index in [1.54, 1.807) is 29.3 Å². The molecule has 11 heteroatoms. The van der Waals surface area contributed by atoms with Crippen LogP contribution in [0.15, 0.2) is 42.7 Å². The Morgan fingerprint density at radius 1 is 1.29 bits per heavy atom. The second kappa shape index (κ2) is 10.4. The number of carbonyl (C=O) groups excluding carboxylic acids is 1. The number of likely N-dealkylation sites (tertiary alicyclic amines) is 1. The predicted octanol–water partition coefficient (Wildman–Crippen LogP) is 3.32. The summed E-state index contributed by atoms with van der Waals surface area (Å²) < 4.78 is 43.9. The minimum atomic E-state index is -5.08. The number of rotatable bonds is 4. The van der Waals surface area contributed by atoms with E-state index in [-0.39, 0.29) is 23.4 Å². The van der Waals surface area contributed by atoms with E-state index < -0.39 is 12.1 Å². The zero-order valence-corrected chi connectivity index (χ0v) is 18.4. The molecule has 2 aliphatic heterocycles. The van der Waals surface area contributed by atoms with Crippen LogP contribution in [-0.4, -0.2) is 69.6 Å². The van der Waals surface area contributed by atoms with E-state index in [0.717, 1.165) is 18.4 Å². The van der Waals surface area contributed by atoms with Gasteiger partial charge in [-0.15, -0.1) is 0 Å². The van der Waals surface area contributed by atoms with Crippen LogP contribution in [0.25, 0.3) is 0 Å². The maximum Gasteiger partial charge on any atom is 0.490 e. The number of phenols is 1. The highest BCUT2D eigenvalue weighted by Gasteiger charge is 2.49. The predicted molar refractivity (Wildman–Crippen MR) is 113 cm³/mol. The third-order valence-corrected chi connectivity index (χ3v) is 5.65. The Morgan fingerprint density at radius 3 is 2.62 bits per heavy atom. The summed E-state index contributed by atoms with van der Waals surface area (Å²) in [5.41, 5.74) is 2.48. The maximum absolute atomic E-state index is 12.6. The molecule has 2 aromatic rings. The number of phenolic OH excluding ortho intramolecular Hbond substituents is 1. The van der Waals surface area contributed by atoms with E-state index in [1.165, 1.54) is 11.6 Å². The molecule has 0 saturated carbocycles. The number of carbonyl (C=O) groups is 2. The van der Waals surface area contributed by atoms with Crippen LogP contribution in [0, 0.1) is 6.92 Å². The first-order valence-electron chi connectivity index (χ1n) is 10.5. The van der Waals surface area contributed by atoms with Gasteiger partial charge in [0.2, 0.25) is 0 Å². The van der Waals surface area contributed by atoms with Gasteiger partial charge in [0.05, 0.1) is 25.8 Å². The molecule has 184 valence electrons. The molecule has 1 unspecified atom stereocenters. The molecule has 1 aromatic heterocycles. The summed E-state index contributed by atoms with van der Waals surface area (Å²) in [5.74, 6) is -2.73. The number of ether oxygens (including phenoxy) is 2. The molecule has 1 spiro atoms. The molecule has 2 aliphatic rings. The number of aryl methyl sites for hydroxylation is 1. The minimum absolute atomic E-state index is 0.0749. The number of pyridine rings is 1. The number of alkyl halides is 3. The lowest BCUT2D eigenvalue weighted by atomic mass is 9.84. The van der Waals surface area contributed by atoms with Crippen molar-refractivity contribution in [2.24, 2.45) is 0 Å². The molecule has 0 bridgehead atoms. The molecule has 2 N–H and O–H groups in total. The molecule has 2 saturated heterocycles. The van der Waals surface area contributed by atoms with Gasteiger partial charge in [0, 0.05) is 31.0 Å². The first-order valence-corrected chi connectivity index (χ1v) is 10.5. The van der Waals surface area contributed by atoms with Gasteiger partial charge in [0.25, 0.3) is 5.91 Å². The molecule has 8 nitrogen and oxygen atoms in total. The number of halogens is 3. The van der Waals surface area contributed by atoms with Crippen LogP contribution in [-0.2, 0) is 20.9 Å². The number of nitrogens with zero attached hydrogens (tertiary/aromatic N) is 2. The fraction of sp³-hybridized carbons (Fsp3) is 0.435. The van der Waals surface area contributed by atoms with Crippen LogP contribution >= 0.6 is 0 Å².